The van der Waals surface area contributed by atoms with Crippen LogP contribution in [0.3, 0.4) is 0 Å². The summed E-state index contributed by atoms with van der Waals surface area (Å²) in [5, 5.41) is 19.0. The Bertz CT molecular complexity index is 658. The topological polar surface area (TPSA) is 57.5 Å². The maximum atomic E-state index is 12.4. The molecule has 4 aliphatic carbocycles. The zero-order valence-corrected chi connectivity index (χ0v) is 17.2. The molecule has 0 unspecified atom stereocenters. The lowest BCUT2D eigenvalue weighted by Gasteiger charge is -2.61. The van der Waals surface area contributed by atoms with E-state index >= 15 is 0 Å². The highest BCUT2D eigenvalue weighted by atomic mass is 16.5. The standard InChI is InChI=1S/C24H36O3/c1-4-5-15-10-12-23(2)16(14-15)6-7-17-18-8-9-20(21(25)22(26)27)24(18,3)13-11-19(17)23/h15-20,22,26-27H,6-14H2,1-3H3/t15-,16+,17-,18-,19-,20+,23-,24-/m0/s1. The third-order valence-electron chi connectivity index (χ3n) is 9.61. The summed E-state index contributed by atoms with van der Waals surface area (Å²) in [6, 6.07) is 0. The minimum atomic E-state index is -1.80. The average molecular weight is 373 g/mol. The summed E-state index contributed by atoms with van der Waals surface area (Å²) in [5.74, 6) is 9.56. The van der Waals surface area contributed by atoms with Gasteiger partial charge in [-0.15, -0.1) is 11.8 Å². The SMILES string of the molecule is CC#C[C@H]1CC[C@@]2(C)[C@H](CC[C@@H]3[C@@H]2CC[C@]2(C)[C@@H](C(=O)C(O)O)CC[C@@H]32)C1. The van der Waals surface area contributed by atoms with Gasteiger partial charge >= 0.3 is 0 Å². The van der Waals surface area contributed by atoms with Crippen LogP contribution in [-0.4, -0.2) is 22.3 Å². The zero-order chi connectivity index (χ0) is 19.4. The van der Waals surface area contributed by atoms with E-state index in [0.717, 1.165) is 31.1 Å². The number of hydrogen-bond acceptors (Lipinski definition) is 3. The van der Waals surface area contributed by atoms with Gasteiger partial charge in [0.25, 0.3) is 0 Å². The summed E-state index contributed by atoms with van der Waals surface area (Å²) >= 11 is 0. The Morgan fingerprint density at radius 3 is 2.37 bits per heavy atom. The van der Waals surface area contributed by atoms with E-state index in [1.54, 1.807) is 0 Å². The van der Waals surface area contributed by atoms with E-state index in [1.807, 2.05) is 6.92 Å². The molecule has 4 aliphatic rings. The van der Waals surface area contributed by atoms with Crippen molar-refractivity contribution >= 4 is 5.78 Å². The van der Waals surface area contributed by atoms with Gasteiger partial charge in [-0.1, -0.05) is 13.8 Å². The number of hydrogen-bond donors (Lipinski definition) is 2. The summed E-state index contributed by atoms with van der Waals surface area (Å²) in [5.41, 5.74) is 0.408. The fourth-order valence-corrected chi connectivity index (χ4v) is 8.24. The highest BCUT2D eigenvalue weighted by Gasteiger charge is 2.61. The van der Waals surface area contributed by atoms with Gasteiger partial charge in [-0.3, -0.25) is 4.79 Å². The second-order valence-corrected chi connectivity index (χ2v) is 10.5. The minimum Gasteiger partial charge on any atom is -0.362 e. The molecule has 0 aromatic heterocycles. The summed E-state index contributed by atoms with van der Waals surface area (Å²) in [6.07, 6.45) is 8.85. The molecule has 0 aromatic rings. The number of carbonyl (C=O) groups is 1. The Kier molecular flexibility index (Phi) is 4.97. The molecule has 0 aliphatic heterocycles. The molecule has 0 bridgehead atoms. The van der Waals surface area contributed by atoms with E-state index in [2.05, 4.69) is 25.7 Å². The number of Topliss-reactive ketones (excluding diaryl/α,β-unsaturated/α-hetero) is 1. The van der Waals surface area contributed by atoms with Gasteiger partial charge in [0.15, 0.2) is 5.78 Å². The molecule has 3 nitrogen and oxygen atoms in total. The molecular formula is C24H36O3. The molecule has 4 fully saturated rings. The predicted octanol–water partition coefficient (Wildman–Crippen LogP) is 4.16. The number of carbonyl (C=O) groups excluding carboxylic acids is 1. The minimum absolute atomic E-state index is 0.0317. The molecule has 150 valence electrons. The van der Waals surface area contributed by atoms with Gasteiger partial charge in [-0.05, 0) is 99.2 Å². The smallest absolute Gasteiger partial charge is 0.213 e. The second-order valence-electron chi connectivity index (χ2n) is 10.5. The van der Waals surface area contributed by atoms with Crippen LogP contribution in [0.4, 0.5) is 0 Å². The Labute approximate surface area is 164 Å². The van der Waals surface area contributed by atoms with Crippen LogP contribution < -0.4 is 0 Å². The van der Waals surface area contributed by atoms with Crippen LogP contribution in [-0.2, 0) is 4.79 Å². The monoisotopic (exact) mass is 372 g/mol. The maximum Gasteiger partial charge on any atom is 0.213 e. The normalized spacial score (nSPS) is 48.8. The molecule has 0 saturated heterocycles. The van der Waals surface area contributed by atoms with E-state index < -0.39 is 6.29 Å². The van der Waals surface area contributed by atoms with E-state index in [0.29, 0.717) is 23.2 Å². The van der Waals surface area contributed by atoms with Crippen molar-refractivity contribution in [2.45, 2.75) is 84.8 Å². The molecule has 3 heteroatoms. The maximum absolute atomic E-state index is 12.4. The molecule has 4 rings (SSSR count). The molecule has 0 heterocycles. The van der Waals surface area contributed by atoms with Crippen molar-refractivity contribution in [1.29, 1.82) is 0 Å². The Morgan fingerprint density at radius 2 is 1.67 bits per heavy atom. The quantitative estimate of drug-likeness (QED) is 0.565. The highest BCUT2D eigenvalue weighted by molar-refractivity contribution is 5.84. The highest BCUT2D eigenvalue weighted by Crippen LogP contribution is 2.67. The third kappa shape index (κ3) is 2.90. The van der Waals surface area contributed by atoms with Crippen molar-refractivity contribution in [3.8, 4) is 11.8 Å². The van der Waals surface area contributed by atoms with Crippen LogP contribution in [0.1, 0.15) is 78.6 Å². The first-order valence-electron chi connectivity index (χ1n) is 11.1. The zero-order valence-electron chi connectivity index (χ0n) is 17.2. The second kappa shape index (κ2) is 6.89. The first kappa shape index (κ1) is 19.5. The number of ketones is 1. The molecule has 4 saturated carbocycles. The van der Waals surface area contributed by atoms with Crippen LogP contribution in [0.25, 0.3) is 0 Å². The number of aliphatic hydroxyl groups excluding tert-OH is 1. The van der Waals surface area contributed by atoms with Gasteiger partial charge in [-0.25, -0.2) is 0 Å². The van der Waals surface area contributed by atoms with Gasteiger partial charge in [0, 0.05) is 11.8 Å². The van der Waals surface area contributed by atoms with Gasteiger partial charge in [0.1, 0.15) is 0 Å². The summed E-state index contributed by atoms with van der Waals surface area (Å²) in [6.45, 7) is 6.80. The largest absolute Gasteiger partial charge is 0.362 e. The van der Waals surface area contributed by atoms with E-state index in [4.69, 9.17) is 0 Å². The van der Waals surface area contributed by atoms with Crippen molar-refractivity contribution in [2.75, 3.05) is 0 Å². The first-order chi connectivity index (χ1) is 12.8. The molecule has 0 spiro atoms. The van der Waals surface area contributed by atoms with Gasteiger partial charge in [-0.2, -0.15) is 0 Å². The first-order valence-corrected chi connectivity index (χ1v) is 11.1. The lowest BCUT2D eigenvalue weighted by molar-refractivity contribution is -0.158. The third-order valence-corrected chi connectivity index (χ3v) is 9.61. The van der Waals surface area contributed by atoms with Crippen molar-refractivity contribution in [3.05, 3.63) is 0 Å². The summed E-state index contributed by atoms with van der Waals surface area (Å²) in [7, 11) is 0. The number of aliphatic hydroxyl groups is 2. The van der Waals surface area contributed by atoms with Crippen LogP contribution in [0.5, 0.6) is 0 Å². The average Bonchev–Trinajstić information content (AvgIpc) is 2.98. The fraction of sp³-hybridized carbons (Fsp3) is 0.875. The Morgan fingerprint density at radius 1 is 0.963 bits per heavy atom. The molecule has 0 amide bonds. The molecule has 0 aromatic carbocycles. The summed E-state index contributed by atoms with van der Waals surface area (Å²) < 4.78 is 0. The summed E-state index contributed by atoms with van der Waals surface area (Å²) in [4.78, 5) is 12.4. The van der Waals surface area contributed by atoms with Crippen LogP contribution >= 0.6 is 0 Å². The molecule has 0 radical (unpaired) electrons. The van der Waals surface area contributed by atoms with E-state index in [1.165, 1.54) is 38.5 Å². The van der Waals surface area contributed by atoms with Crippen LogP contribution in [0.2, 0.25) is 0 Å². The van der Waals surface area contributed by atoms with Crippen LogP contribution in [0, 0.1) is 58.2 Å². The van der Waals surface area contributed by atoms with Crippen molar-refractivity contribution in [2.24, 2.45) is 46.3 Å². The lowest BCUT2D eigenvalue weighted by Crippen LogP contribution is -2.54. The van der Waals surface area contributed by atoms with Crippen molar-refractivity contribution < 1.29 is 15.0 Å². The fourth-order valence-electron chi connectivity index (χ4n) is 8.24. The van der Waals surface area contributed by atoms with Crippen molar-refractivity contribution in [3.63, 3.8) is 0 Å². The molecule has 27 heavy (non-hydrogen) atoms. The number of rotatable bonds is 2. The van der Waals surface area contributed by atoms with E-state index in [-0.39, 0.29) is 17.1 Å². The Hall–Kier alpha value is -0.850. The molecule has 8 atom stereocenters. The van der Waals surface area contributed by atoms with Gasteiger partial charge < -0.3 is 10.2 Å². The van der Waals surface area contributed by atoms with E-state index in [9.17, 15) is 15.0 Å². The lowest BCUT2D eigenvalue weighted by atomic mass is 9.44. The van der Waals surface area contributed by atoms with Gasteiger partial charge in [0.2, 0.25) is 6.29 Å². The molecule has 2 N–H and O–H groups in total. The Balaban J connectivity index is 1.56. The molecular weight excluding hydrogens is 336 g/mol. The predicted molar refractivity (Wildman–Crippen MR) is 105 cm³/mol. The van der Waals surface area contributed by atoms with Gasteiger partial charge in [0.05, 0.1) is 0 Å². The number of fused-ring (bicyclic) bond motifs is 5. The van der Waals surface area contributed by atoms with Crippen molar-refractivity contribution in [1.82, 2.24) is 0 Å². The van der Waals surface area contributed by atoms with Crippen LogP contribution in [0.15, 0.2) is 0 Å².